The van der Waals surface area contributed by atoms with Crippen molar-refractivity contribution in [2.45, 2.75) is 219 Å². The molecule has 0 radical (unpaired) electrons. The molecule has 0 heterocycles. The molecule has 0 aromatic rings. The van der Waals surface area contributed by atoms with E-state index in [1.807, 2.05) is 0 Å². The molecule has 0 amide bonds. The zero-order valence-corrected chi connectivity index (χ0v) is 45.2. The molecule has 0 aliphatic rings. The number of ether oxygens (including phenoxy) is 3. The first-order valence-corrected chi connectivity index (χ1v) is 28.0. The lowest BCUT2D eigenvalue weighted by atomic mass is 10.1. The van der Waals surface area contributed by atoms with Gasteiger partial charge in [-0.15, -0.1) is 0 Å². The highest BCUT2D eigenvalue weighted by molar-refractivity contribution is 5.71. The van der Waals surface area contributed by atoms with E-state index < -0.39 is 6.10 Å². The maximum atomic E-state index is 12.8. The zero-order valence-electron chi connectivity index (χ0n) is 45.2. The number of carbonyl (C=O) groups excluding carboxylic acids is 3. The summed E-state index contributed by atoms with van der Waals surface area (Å²) < 4.78 is 16.8. The minimum absolute atomic E-state index is 0.120. The van der Waals surface area contributed by atoms with Crippen molar-refractivity contribution in [2.24, 2.45) is 0 Å². The van der Waals surface area contributed by atoms with Gasteiger partial charge in [0.15, 0.2) is 6.10 Å². The lowest BCUT2D eigenvalue weighted by molar-refractivity contribution is -0.167. The van der Waals surface area contributed by atoms with E-state index in [1.165, 1.54) is 6.42 Å². The van der Waals surface area contributed by atoms with E-state index in [0.717, 1.165) is 161 Å². The minimum atomic E-state index is -0.828. The molecule has 0 N–H and O–H groups in total. The number of esters is 3. The minimum Gasteiger partial charge on any atom is -0.462 e. The SMILES string of the molecule is CC/C=C\C/C=C\C/C=C\C/C=C\C/C=C\C/C=C\C/C=C\CCCCCC(=O)OCC(COC(=O)CCCCCCC/C=C\C/C=C\CCC)OC(=O)CCCC/C=C\C/C=C\C/C=C\C/C=C\CC. The summed E-state index contributed by atoms with van der Waals surface area (Å²) in [6.07, 6.45) is 83.8. The maximum Gasteiger partial charge on any atom is 0.306 e. The molecular weight excluding hydrogens is 877 g/mol. The van der Waals surface area contributed by atoms with Gasteiger partial charge in [0.25, 0.3) is 0 Å². The van der Waals surface area contributed by atoms with Gasteiger partial charge in [0, 0.05) is 19.3 Å². The molecule has 71 heavy (non-hydrogen) atoms. The molecule has 0 saturated carbocycles. The van der Waals surface area contributed by atoms with E-state index in [9.17, 15) is 14.4 Å². The highest BCUT2D eigenvalue weighted by Crippen LogP contribution is 2.12. The lowest BCUT2D eigenvalue weighted by Gasteiger charge is -2.18. The molecule has 0 aromatic heterocycles. The molecule has 0 aromatic carbocycles. The summed E-state index contributed by atoms with van der Waals surface area (Å²) in [5, 5.41) is 0. The highest BCUT2D eigenvalue weighted by Gasteiger charge is 2.19. The number of hydrogen-bond acceptors (Lipinski definition) is 6. The summed E-state index contributed by atoms with van der Waals surface area (Å²) in [5.41, 5.74) is 0. The topological polar surface area (TPSA) is 78.9 Å². The van der Waals surface area contributed by atoms with Gasteiger partial charge < -0.3 is 14.2 Å². The van der Waals surface area contributed by atoms with Gasteiger partial charge in [0.2, 0.25) is 0 Å². The fourth-order valence-electron chi connectivity index (χ4n) is 6.86. The molecule has 6 nitrogen and oxygen atoms in total. The summed E-state index contributed by atoms with van der Waals surface area (Å²) in [6.45, 7) is 6.24. The molecule has 0 spiro atoms. The normalized spacial score (nSPS) is 13.3. The van der Waals surface area contributed by atoms with Crippen LogP contribution in [0.15, 0.2) is 158 Å². The quantitative estimate of drug-likeness (QED) is 0.0262. The van der Waals surface area contributed by atoms with Crippen LogP contribution in [0.5, 0.6) is 0 Å². The Labute approximate surface area is 435 Å². The van der Waals surface area contributed by atoms with Crippen molar-refractivity contribution in [3.8, 4) is 0 Å². The summed E-state index contributed by atoms with van der Waals surface area (Å²) in [4.78, 5) is 38.1. The first kappa shape index (κ1) is 66.0. The van der Waals surface area contributed by atoms with Gasteiger partial charge in [-0.05, 0) is 141 Å². The van der Waals surface area contributed by atoms with E-state index in [1.54, 1.807) is 0 Å². The monoisotopic (exact) mass is 977 g/mol. The van der Waals surface area contributed by atoms with Crippen LogP contribution >= 0.6 is 0 Å². The van der Waals surface area contributed by atoms with Gasteiger partial charge >= 0.3 is 17.9 Å². The summed E-state index contributed by atoms with van der Waals surface area (Å²) in [6, 6.07) is 0. The van der Waals surface area contributed by atoms with Crippen LogP contribution in [0.2, 0.25) is 0 Å². The van der Waals surface area contributed by atoms with Gasteiger partial charge in [-0.1, -0.05) is 211 Å². The van der Waals surface area contributed by atoms with Crippen molar-refractivity contribution in [2.75, 3.05) is 13.2 Å². The number of allylic oxidation sites excluding steroid dienone is 26. The molecular formula is C65H100O6. The van der Waals surface area contributed by atoms with Crippen molar-refractivity contribution >= 4 is 17.9 Å². The van der Waals surface area contributed by atoms with Crippen LogP contribution in [0, 0.1) is 0 Å². The lowest BCUT2D eigenvalue weighted by Crippen LogP contribution is -2.30. The molecule has 0 fully saturated rings. The first-order valence-electron chi connectivity index (χ1n) is 28.0. The Kier molecular flexibility index (Phi) is 53.6. The third kappa shape index (κ3) is 55.8. The van der Waals surface area contributed by atoms with Crippen LogP contribution in [0.4, 0.5) is 0 Å². The van der Waals surface area contributed by atoms with Crippen LogP contribution in [-0.2, 0) is 28.6 Å². The third-order valence-corrected chi connectivity index (χ3v) is 11.0. The Balaban J connectivity index is 4.51. The fraction of sp³-hybridized carbons (Fsp3) is 0.554. The molecule has 1 unspecified atom stereocenters. The Morgan fingerprint density at radius 3 is 0.901 bits per heavy atom. The molecule has 396 valence electrons. The van der Waals surface area contributed by atoms with E-state index in [-0.39, 0.29) is 37.5 Å². The van der Waals surface area contributed by atoms with E-state index in [0.29, 0.717) is 19.3 Å². The van der Waals surface area contributed by atoms with Crippen molar-refractivity contribution in [3.05, 3.63) is 158 Å². The molecule has 0 rings (SSSR count). The number of unbranched alkanes of at least 4 members (excludes halogenated alkanes) is 11. The largest absolute Gasteiger partial charge is 0.462 e. The summed E-state index contributed by atoms with van der Waals surface area (Å²) in [5.74, 6) is -1.02. The predicted octanol–water partition coefficient (Wildman–Crippen LogP) is 19.0. The van der Waals surface area contributed by atoms with E-state index in [2.05, 4.69) is 179 Å². The molecule has 0 aliphatic carbocycles. The van der Waals surface area contributed by atoms with Gasteiger partial charge in [0.05, 0.1) is 0 Å². The smallest absolute Gasteiger partial charge is 0.306 e. The number of rotatable bonds is 48. The van der Waals surface area contributed by atoms with E-state index >= 15 is 0 Å². The average Bonchev–Trinajstić information content (AvgIpc) is 3.37. The van der Waals surface area contributed by atoms with Crippen molar-refractivity contribution < 1.29 is 28.6 Å². The van der Waals surface area contributed by atoms with Crippen LogP contribution in [0.1, 0.15) is 213 Å². The summed E-state index contributed by atoms with van der Waals surface area (Å²) in [7, 11) is 0. The third-order valence-electron chi connectivity index (χ3n) is 11.0. The molecule has 0 bridgehead atoms. The molecule has 1 atom stereocenters. The van der Waals surface area contributed by atoms with Gasteiger partial charge in [0.1, 0.15) is 13.2 Å². The second-order valence-electron chi connectivity index (χ2n) is 17.7. The van der Waals surface area contributed by atoms with Crippen molar-refractivity contribution in [1.29, 1.82) is 0 Å². The molecule has 0 aliphatic heterocycles. The Morgan fingerprint density at radius 1 is 0.296 bits per heavy atom. The second-order valence-corrected chi connectivity index (χ2v) is 17.7. The Bertz CT molecular complexity index is 1640. The van der Waals surface area contributed by atoms with Crippen molar-refractivity contribution in [1.82, 2.24) is 0 Å². The number of hydrogen-bond donors (Lipinski definition) is 0. The summed E-state index contributed by atoms with van der Waals surface area (Å²) >= 11 is 0. The van der Waals surface area contributed by atoms with Gasteiger partial charge in [-0.2, -0.15) is 0 Å². The Hall–Kier alpha value is -4.97. The maximum absolute atomic E-state index is 12.8. The predicted molar refractivity (Wildman–Crippen MR) is 306 cm³/mol. The van der Waals surface area contributed by atoms with Gasteiger partial charge in [-0.25, -0.2) is 0 Å². The zero-order chi connectivity index (χ0) is 51.4. The molecule has 0 saturated heterocycles. The van der Waals surface area contributed by atoms with Crippen LogP contribution in [0.3, 0.4) is 0 Å². The average molecular weight is 978 g/mol. The van der Waals surface area contributed by atoms with Crippen LogP contribution in [-0.4, -0.2) is 37.2 Å². The van der Waals surface area contributed by atoms with E-state index in [4.69, 9.17) is 14.2 Å². The number of carbonyl (C=O) groups is 3. The first-order chi connectivity index (χ1) is 35.0. The highest BCUT2D eigenvalue weighted by atomic mass is 16.6. The molecule has 6 heteroatoms. The Morgan fingerprint density at radius 2 is 0.549 bits per heavy atom. The van der Waals surface area contributed by atoms with Crippen LogP contribution in [0.25, 0.3) is 0 Å². The van der Waals surface area contributed by atoms with Gasteiger partial charge in [-0.3, -0.25) is 14.4 Å². The standard InChI is InChI=1S/C65H100O6/c1-4-7-10-13-16-19-22-25-27-28-29-30-31-32-33-34-35-36-38-40-43-46-49-52-55-58-64(67)70-61-62(60-69-63(66)57-54-51-48-45-42-39-24-21-18-15-12-9-6-3)71-65(68)59-56-53-50-47-44-41-37-26-23-20-17-14-11-8-5-2/h7-8,10-12,15-17,19-21,24-27,29-30,32-33,35-37,40,43-44,47,62H,4-6,9,13-14,18,22-23,28,31,34,38-39,41-42,45-46,48-61H2,1-3H3/b10-7-,11-8-,15-12-,19-16-,20-17-,24-21-,27-25-,30-29-,33-32-,36-35-,37-26-,43-40-,47-44-. The van der Waals surface area contributed by atoms with Crippen molar-refractivity contribution in [3.63, 3.8) is 0 Å². The fourth-order valence-corrected chi connectivity index (χ4v) is 6.86. The van der Waals surface area contributed by atoms with Crippen LogP contribution < -0.4 is 0 Å². The second kappa shape index (κ2) is 57.6.